The molecule has 0 atom stereocenters. The Morgan fingerprint density at radius 2 is 1.92 bits per heavy atom. The van der Waals surface area contributed by atoms with E-state index in [9.17, 15) is 14.7 Å². The Bertz CT molecular complexity index is 875. The van der Waals surface area contributed by atoms with E-state index < -0.39 is 17.7 Å². The van der Waals surface area contributed by atoms with Crippen LogP contribution in [0, 0.1) is 0 Å². The lowest BCUT2D eigenvalue weighted by Crippen LogP contribution is -2.29. The molecule has 8 heteroatoms. The van der Waals surface area contributed by atoms with E-state index in [1.165, 1.54) is 6.07 Å². The van der Waals surface area contributed by atoms with E-state index in [2.05, 4.69) is 20.9 Å². The summed E-state index contributed by atoms with van der Waals surface area (Å²) in [6.45, 7) is 5.68. The van der Waals surface area contributed by atoms with Crippen molar-refractivity contribution in [2.45, 2.75) is 32.9 Å². The number of aromatic carboxylic acids is 1. The number of ether oxygens (including phenoxy) is 1. The van der Waals surface area contributed by atoms with Gasteiger partial charge in [0.05, 0.1) is 12.1 Å². The van der Waals surface area contributed by atoms with Gasteiger partial charge in [-0.3, -0.25) is 0 Å². The fraction of sp³-hybridized carbons (Fsp3) is 0.353. The zero-order valence-electron chi connectivity index (χ0n) is 14.5. The maximum atomic E-state index is 12.0. The van der Waals surface area contributed by atoms with Crippen LogP contribution in [0.5, 0.6) is 0 Å². The molecule has 0 fully saturated rings. The average Bonchev–Trinajstić information content (AvgIpc) is 2.77. The van der Waals surface area contributed by atoms with Gasteiger partial charge in [-0.2, -0.15) is 0 Å². The van der Waals surface area contributed by atoms with E-state index in [0.717, 1.165) is 5.56 Å². The Hall–Kier alpha value is -2.35. The predicted octanol–water partition coefficient (Wildman–Crippen LogP) is 3.17. The summed E-state index contributed by atoms with van der Waals surface area (Å²) in [6, 6.07) is 4.95. The lowest BCUT2D eigenvalue weighted by atomic mass is 10.1. The van der Waals surface area contributed by atoms with Crippen molar-refractivity contribution in [3.05, 3.63) is 51.8 Å². The van der Waals surface area contributed by atoms with Crippen LogP contribution >= 0.6 is 15.9 Å². The van der Waals surface area contributed by atoms with Crippen LogP contribution in [0.2, 0.25) is 0 Å². The topological polar surface area (TPSA) is 85.8 Å². The molecular weight excluding hydrogens is 390 g/mol. The van der Waals surface area contributed by atoms with Gasteiger partial charge in [-0.1, -0.05) is 15.9 Å². The summed E-state index contributed by atoms with van der Waals surface area (Å²) in [5.41, 5.74) is 0.735. The lowest BCUT2D eigenvalue weighted by Gasteiger charge is -2.17. The molecule has 0 radical (unpaired) electrons. The summed E-state index contributed by atoms with van der Waals surface area (Å²) < 4.78 is 9.34. The zero-order chi connectivity index (χ0) is 18.8. The minimum atomic E-state index is -1.00. The molecule has 1 N–H and O–H groups in total. The molecule has 0 bridgehead atoms. The first-order chi connectivity index (χ1) is 11.5. The Morgan fingerprint density at radius 1 is 1.24 bits per heavy atom. The average molecular weight is 410 g/mol. The van der Waals surface area contributed by atoms with Gasteiger partial charge >= 0.3 is 12.1 Å². The largest absolute Gasteiger partial charge is 0.478 e. The number of nitrogens with zero attached hydrogens (tertiary/aromatic N) is 3. The van der Waals surface area contributed by atoms with Gasteiger partial charge in [-0.15, -0.1) is 4.99 Å². The second kappa shape index (κ2) is 7.26. The summed E-state index contributed by atoms with van der Waals surface area (Å²) in [5.74, 6) is -1.00. The maximum absolute atomic E-state index is 12.0. The van der Waals surface area contributed by atoms with E-state index in [-0.39, 0.29) is 5.56 Å². The first-order valence-corrected chi connectivity index (χ1v) is 8.37. The van der Waals surface area contributed by atoms with Crippen LogP contribution in [-0.2, 0) is 18.3 Å². The van der Waals surface area contributed by atoms with E-state index in [4.69, 9.17) is 4.74 Å². The summed E-state index contributed by atoms with van der Waals surface area (Å²) >= 11 is 3.32. The summed E-state index contributed by atoms with van der Waals surface area (Å²) in [6.07, 6.45) is 2.85. The third-order valence-corrected chi connectivity index (χ3v) is 3.64. The van der Waals surface area contributed by atoms with E-state index in [1.54, 1.807) is 55.4 Å². The van der Waals surface area contributed by atoms with Crippen LogP contribution in [0.25, 0.3) is 0 Å². The van der Waals surface area contributed by atoms with Crippen LogP contribution < -0.4 is 5.62 Å². The summed E-state index contributed by atoms with van der Waals surface area (Å²) in [7, 11) is 1.77. The minimum Gasteiger partial charge on any atom is -0.478 e. The van der Waals surface area contributed by atoms with Gasteiger partial charge in [0.2, 0.25) is 5.62 Å². The number of aryl methyl sites for hydroxylation is 1. The molecule has 2 rings (SSSR count). The van der Waals surface area contributed by atoms with Crippen molar-refractivity contribution in [2.24, 2.45) is 12.0 Å². The van der Waals surface area contributed by atoms with Gasteiger partial charge in [0, 0.05) is 23.9 Å². The van der Waals surface area contributed by atoms with Gasteiger partial charge < -0.3 is 19.0 Å². The molecule has 134 valence electrons. The number of amides is 1. The highest BCUT2D eigenvalue weighted by molar-refractivity contribution is 9.10. The lowest BCUT2D eigenvalue weighted by molar-refractivity contribution is 0.0592. The summed E-state index contributed by atoms with van der Waals surface area (Å²) in [4.78, 5) is 27.2. The van der Waals surface area contributed by atoms with Crippen molar-refractivity contribution in [2.75, 3.05) is 0 Å². The second-order valence-electron chi connectivity index (χ2n) is 6.58. The molecule has 1 aromatic heterocycles. The number of hydrogen-bond acceptors (Lipinski definition) is 3. The molecule has 0 aliphatic carbocycles. The molecule has 0 unspecified atom stereocenters. The van der Waals surface area contributed by atoms with Crippen LogP contribution in [0.1, 0.15) is 36.7 Å². The Balaban J connectivity index is 2.37. The van der Waals surface area contributed by atoms with Crippen LogP contribution in [0.4, 0.5) is 4.79 Å². The summed E-state index contributed by atoms with van der Waals surface area (Å²) in [5, 5.41) is 9.17. The van der Waals surface area contributed by atoms with Crippen molar-refractivity contribution in [3.8, 4) is 0 Å². The number of imidazole rings is 1. The van der Waals surface area contributed by atoms with Crippen molar-refractivity contribution >= 4 is 28.0 Å². The fourth-order valence-corrected chi connectivity index (χ4v) is 2.75. The number of aromatic nitrogens is 2. The fourth-order valence-electron chi connectivity index (χ4n) is 2.21. The quantitative estimate of drug-likeness (QED) is 0.843. The molecule has 0 saturated heterocycles. The number of benzene rings is 1. The number of carbonyl (C=O) groups excluding carboxylic acids is 1. The molecule has 0 saturated carbocycles. The van der Waals surface area contributed by atoms with Crippen molar-refractivity contribution in [1.82, 2.24) is 9.13 Å². The Labute approximate surface area is 153 Å². The molecule has 1 aromatic carbocycles. The smallest absolute Gasteiger partial charge is 0.437 e. The van der Waals surface area contributed by atoms with Crippen LogP contribution in [0.3, 0.4) is 0 Å². The third-order valence-electron chi connectivity index (χ3n) is 3.18. The molecule has 2 aromatic rings. The van der Waals surface area contributed by atoms with Crippen LogP contribution in [-0.4, -0.2) is 31.9 Å². The number of carboxylic acid groups (broad SMARTS) is 1. The molecule has 0 aliphatic heterocycles. The van der Waals surface area contributed by atoms with Gasteiger partial charge in [0.25, 0.3) is 0 Å². The molecule has 1 heterocycles. The van der Waals surface area contributed by atoms with Crippen LogP contribution in [0.15, 0.2) is 40.1 Å². The Kier molecular flexibility index (Phi) is 5.52. The van der Waals surface area contributed by atoms with Crippen molar-refractivity contribution in [1.29, 1.82) is 0 Å². The van der Waals surface area contributed by atoms with Crippen molar-refractivity contribution in [3.63, 3.8) is 0 Å². The van der Waals surface area contributed by atoms with E-state index >= 15 is 0 Å². The normalized spacial score (nSPS) is 12.3. The minimum absolute atomic E-state index is 0.187. The second-order valence-corrected chi connectivity index (χ2v) is 7.50. The highest BCUT2D eigenvalue weighted by atomic mass is 79.9. The number of carboxylic acids is 1. The van der Waals surface area contributed by atoms with Crippen molar-refractivity contribution < 1.29 is 19.4 Å². The molecule has 0 spiro atoms. The SMILES string of the molecule is Cn1ccn(Cc2cc(Br)cc(C(=O)O)c2)c1=NC(=O)OC(C)(C)C. The monoisotopic (exact) mass is 409 g/mol. The Morgan fingerprint density at radius 3 is 2.52 bits per heavy atom. The standard InChI is InChI=1S/C17H20BrN3O4/c1-17(2,3)25-16(24)19-15-20(4)5-6-21(15)10-11-7-12(14(22)23)9-13(18)8-11/h5-9H,10H2,1-4H3,(H,22,23). The molecule has 0 aliphatic rings. The van der Waals surface area contributed by atoms with Gasteiger partial charge in [0.1, 0.15) is 5.60 Å². The molecule has 7 nitrogen and oxygen atoms in total. The molecular formula is C17H20BrN3O4. The van der Waals surface area contributed by atoms with E-state index in [0.29, 0.717) is 16.6 Å². The highest BCUT2D eigenvalue weighted by Crippen LogP contribution is 2.17. The van der Waals surface area contributed by atoms with Gasteiger partial charge in [0.15, 0.2) is 0 Å². The number of hydrogen-bond donors (Lipinski definition) is 1. The molecule has 1 amide bonds. The maximum Gasteiger partial charge on any atom is 0.437 e. The van der Waals surface area contributed by atoms with E-state index in [1.807, 2.05) is 6.07 Å². The third kappa shape index (κ3) is 5.32. The highest BCUT2D eigenvalue weighted by Gasteiger charge is 2.16. The van der Waals surface area contributed by atoms with Gasteiger partial charge in [-0.25, -0.2) is 9.59 Å². The molecule has 25 heavy (non-hydrogen) atoms. The zero-order valence-corrected chi connectivity index (χ0v) is 16.1. The first kappa shape index (κ1) is 19.0. The first-order valence-electron chi connectivity index (χ1n) is 7.57. The van der Waals surface area contributed by atoms with Gasteiger partial charge in [-0.05, 0) is 44.5 Å². The predicted molar refractivity (Wildman–Crippen MR) is 95.4 cm³/mol. The number of rotatable bonds is 3. The number of halogens is 1. The number of carbonyl (C=O) groups is 2.